The molecule has 0 radical (unpaired) electrons. The highest BCUT2D eigenvalue weighted by Crippen LogP contribution is 2.06. The lowest BCUT2D eigenvalue weighted by Gasteiger charge is -2.18. The number of nitrogens with one attached hydrogen (secondary N) is 3. The molecule has 0 saturated heterocycles. The van der Waals surface area contributed by atoms with Crippen LogP contribution in [0.4, 0.5) is 0 Å². The highest BCUT2D eigenvalue weighted by molar-refractivity contribution is 14.0. The number of nitrogens with zero attached hydrogens (tertiary/aromatic N) is 1. The van der Waals surface area contributed by atoms with Gasteiger partial charge in [0.15, 0.2) is 5.96 Å². The second kappa shape index (κ2) is 13.9. The van der Waals surface area contributed by atoms with Gasteiger partial charge in [-0.15, -0.1) is 24.0 Å². The summed E-state index contributed by atoms with van der Waals surface area (Å²) >= 11 is 0. The van der Waals surface area contributed by atoms with Crippen molar-refractivity contribution in [3.05, 3.63) is 35.9 Å². The maximum Gasteiger partial charge on any atom is 0.242 e. The number of hydrogen-bond donors (Lipinski definition) is 3. The van der Waals surface area contributed by atoms with E-state index in [0.717, 1.165) is 18.5 Å². The zero-order valence-electron chi connectivity index (χ0n) is 15.8. The summed E-state index contributed by atoms with van der Waals surface area (Å²) in [5.74, 6) is 1.31. The van der Waals surface area contributed by atoms with Gasteiger partial charge in [-0.05, 0) is 38.2 Å². The quantitative estimate of drug-likeness (QED) is 0.301. The molecule has 0 saturated carbocycles. The lowest BCUT2D eigenvalue weighted by atomic mass is 10.0. The lowest BCUT2D eigenvalue weighted by molar-refractivity contribution is -0.119. The number of halogens is 1. The van der Waals surface area contributed by atoms with Crippen molar-refractivity contribution < 1.29 is 4.79 Å². The van der Waals surface area contributed by atoms with Crippen molar-refractivity contribution in [1.29, 1.82) is 0 Å². The molecule has 1 aromatic carbocycles. The largest absolute Gasteiger partial charge is 0.357 e. The SMILES string of the molecule is CCNC(=NCC(=O)NCc1ccccc1)NC(C)CCC(C)C.I. The first-order chi connectivity index (χ1) is 11.5. The zero-order valence-corrected chi connectivity index (χ0v) is 18.2. The molecule has 5 nitrogen and oxygen atoms in total. The number of amides is 1. The molecule has 142 valence electrons. The minimum atomic E-state index is -0.0779. The molecular weight excluding hydrogens is 427 g/mol. The summed E-state index contributed by atoms with van der Waals surface area (Å²) in [6.07, 6.45) is 2.26. The second-order valence-electron chi connectivity index (χ2n) is 6.47. The molecule has 6 heteroatoms. The van der Waals surface area contributed by atoms with Crippen molar-refractivity contribution in [2.45, 2.75) is 53.1 Å². The van der Waals surface area contributed by atoms with Crippen LogP contribution < -0.4 is 16.0 Å². The Labute approximate surface area is 169 Å². The Morgan fingerprint density at radius 2 is 1.76 bits per heavy atom. The van der Waals surface area contributed by atoms with Crippen LogP contribution in [0.3, 0.4) is 0 Å². The normalized spacial score (nSPS) is 12.3. The highest BCUT2D eigenvalue weighted by Gasteiger charge is 2.07. The van der Waals surface area contributed by atoms with Crippen molar-refractivity contribution in [3.8, 4) is 0 Å². The van der Waals surface area contributed by atoms with E-state index in [-0.39, 0.29) is 36.4 Å². The Balaban J connectivity index is 0.00000576. The Morgan fingerprint density at radius 3 is 2.36 bits per heavy atom. The van der Waals surface area contributed by atoms with Gasteiger partial charge in [0.25, 0.3) is 0 Å². The van der Waals surface area contributed by atoms with Crippen molar-refractivity contribution in [2.24, 2.45) is 10.9 Å². The first-order valence-corrected chi connectivity index (χ1v) is 8.86. The lowest BCUT2D eigenvalue weighted by Crippen LogP contribution is -2.43. The molecule has 25 heavy (non-hydrogen) atoms. The van der Waals surface area contributed by atoms with Gasteiger partial charge < -0.3 is 16.0 Å². The Hall–Kier alpha value is -1.31. The van der Waals surface area contributed by atoms with E-state index in [1.165, 1.54) is 6.42 Å². The van der Waals surface area contributed by atoms with Gasteiger partial charge in [0.1, 0.15) is 6.54 Å². The summed E-state index contributed by atoms with van der Waals surface area (Å²) in [6.45, 7) is 10.0. The van der Waals surface area contributed by atoms with Crippen LogP contribution in [0.1, 0.15) is 46.1 Å². The summed E-state index contributed by atoms with van der Waals surface area (Å²) in [7, 11) is 0. The van der Waals surface area contributed by atoms with Crippen LogP contribution in [0.25, 0.3) is 0 Å². The minimum Gasteiger partial charge on any atom is -0.357 e. The molecule has 1 rings (SSSR count). The smallest absolute Gasteiger partial charge is 0.242 e. The first-order valence-electron chi connectivity index (χ1n) is 8.86. The zero-order chi connectivity index (χ0) is 17.8. The van der Waals surface area contributed by atoms with Gasteiger partial charge in [0, 0.05) is 19.1 Å². The Morgan fingerprint density at radius 1 is 1.08 bits per heavy atom. The van der Waals surface area contributed by atoms with E-state index in [1.807, 2.05) is 37.3 Å². The molecule has 1 aromatic rings. The van der Waals surface area contributed by atoms with Gasteiger partial charge in [-0.25, -0.2) is 4.99 Å². The standard InChI is InChI=1S/C19H32N4O.HI/c1-5-20-19(23-16(4)12-11-15(2)3)22-14-18(24)21-13-17-9-7-6-8-10-17;/h6-10,15-16H,5,11-14H2,1-4H3,(H,21,24)(H2,20,22,23);1H. The van der Waals surface area contributed by atoms with Crippen LogP contribution in [-0.2, 0) is 11.3 Å². The number of guanidine groups is 1. The third-order valence-corrected chi connectivity index (χ3v) is 3.62. The summed E-state index contributed by atoms with van der Waals surface area (Å²) in [5.41, 5.74) is 1.09. The third-order valence-electron chi connectivity index (χ3n) is 3.62. The van der Waals surface area contributed by atoms with Crippen LogP contribution in [0, 0.1) is 5.92 Å². The van der Waals surface area contributed by atoms with E-state index in [0.29, 0.717) is 24.5 Å². The van der Waals surface area contributed by atoms with Crippen LogP contribution in [0.2, 0.25) is 0 Å². The van der Waals surface area contributed by atoms with Gasteiger partial charge in [-0.3, -0.25) is 4.79 Å². The fourth-order valence-electron chi connectivity index (χ4n) is 2.21. The molecule has 0 heterocycles. The van der Waals surface area contributed by atoms with Crippen LogP contribution in [0.5, 0.6) is 0 Å². The number of carbonyl (C=O) groups excluding carboxylic acids is 1. The fraction of sp³-hybridized carbons (Fsp3) is 0.579. The van der Waals surface area contributed by atoms with Gasteiger partial charge in [0.2, 0.25) is 5.91 Å². The Kier molecular flexibility index (Phi) is 13.2. The predicted octanol–water partition coefficient (Wildman–Crippen LogP) is 3.30. The fourth-order valence-corrected chi connectivity index (χ4v) is 2.21. The molecule has 0 aliphatic rings. The van der Waals surface area contributed by atoms with E-state index < -0.39 is 0 Å². The molecule has 0 bridgehead atoms. The molecular formula is C19H33IN4O. The number of carbonyl (C=O) groups is 1. The third kappa shape index (κ3) is 11.8. The average molecular weight is 460 g/mol. The number of benzene rings is 1. The van der Waals surface area contributed by atoms with E-state index >= 15 is 0 Å². The summed E-state index contributed by atoms with van der Waals surface area (Å²) in [5, 5.41) is 9.44. The molecule has 0 aromatic heterocycles. The van der Waals surface area contributed by atoms with Gasteiger partial charge in [-0.1, -0.05) is 44.2 Å². The van der Waals surface area contributed by atoms with Crippen molar-refractivity contribution in [1.82, 2.24) is 16.0 Å². The number of aliphatic imine (C=N–C) groups is 1. The van der Waals surface area contributed by atoms with E-state index in [9.17, 15) is 4.79 Å². The minimum absolute atomic E-state index is 0. The second-order valence-corrected chi connectivity index (χ2v) is 6.47. The van der Waals surface area contributed by atoms with Crippen LogP contribution in [0.15, 0.2) is 35.3 Å². The number of rotatable bonds is 9. The van der Waals surface area contributed by atoms with Crippen molar-refractivity contribution >= 4 is 35.8 Å². The maximum atomic E-state index is 12.0. The van der Waals surface area contributed by atoms with E-state index in [4.69, 9.17) is 0 Å². The summed E-state index contributed by atoms with van der Waals surface area (Å²) in [4.78, 5) is 16.3. The van der Waals surface area contributed by atoms with Crippen molar-refractivity contribution in [3.63, 3.8) is 0 Å². The Bertz CT molecular complexity index is 505. The van der Waals surface area contributed by atoms with Crippen molar-refractivity contribution in [2.75, 3.05) is 13.1 Å². The molecule has 0 aliphatic heterocycles. The highest BCUT2D eigenvalue weighted by atomic mass is 127. The molecule has 0 fully saturated rings. The van der Waals surface area contributed by atoms with Gasteiger partial charge >= 0.3 is 0 Å². The van der Waals surface area contributed by atoms with Gasteiger partial charge in [-0.2, -0.15) is 0 Å². The molecule has 1 atom stereocenters. The van der Waals surface area contributed by atoms with Gasteiger partial charge in [0.05, 0.1) is 0 Å². The van der Waals surface area contributed by atoms with Crippen LogP contribution in [-0.4, -0.2) is 31.0 Å². The topological polar surface area (TPSA) is 65.5 Å². The molecule has 3 N–H and O–H groups in total. The molecule has 0 aliphatic carbocycles. The average Bonchev–Trinajstić information content (AvgIpc) is 2.57. The predicted molar refractivity (Wildman–Crippen MR) is 116 cm³/mol. The number of hydrogen-bond acceptors (Lipinski definition) is 2. The summed E-state index contributed by atoms with van der Waals surface area (Å²) < 4.78 is 0. The molecule has 1 unspecified atom stereocenters. The monoisotopic (exact) mass is 460 g/mol. The maximum absolute atomic E-state index is 12.0. The van der Waals surface area contributed by atoms with E-state index in [1.54, 1.807) is 0 Å². The first kappa shape index (κ1) is 23.7. The van der Waals surface area contributed by atoms with E-state index in [2.05, 4.69) is 41.7 Å². The van der Waals surface area contributed by atoms with Crippen LogP contribution >= 0.6 is 24.0 Å². The summed E-state index contributed by atoms with van der Waals surface area (Å²) in [6, 6.07) is 10.2. The molecule has 0 spiro atoms. The molecule has 1 amide bonds.